The molecular formula is C14H16F2N2S. The van der Waals surface area contributed by atoms with Crippen LogP contribution < -0.4 is 5.32 Å². The van der Waals surface area contributed by atoms with Crippen molar-refractivity contribution in [2.45, 2.75) is 26.3 Å². The van der Waals surface area contributed by atoms with Gasteiger partial charge in [0.1, 0.15) is 16.6 Å². The van der Waals surface area contributed by atoms with Crippen molar-refractivity contribution in [2.24, 2.45) is 0 Å². The molecule has 1 aromatic carbocycles. The lowest BCUT2D eigenvalue weighted by atomic mass is 10.1. The number of rotatable bonds is 4. The van der Waals surface area contributed by atoms with E-state index < -0.39 is 17.7 Å². The van der Waals surface area contributed by atoms with Gasteiger partial charge in [0, 0.05) is 10.4 Å². The average Bonchev–Trinajstić information content (AvgIpc) is 2.75. The van der Waals surface area contributed by atoms with E-state index in [9.17, 15) is 8.78 Å². The first-order valence-corrected chi connectivity index (χ1v) is 6.96. The number of halogens is 2. The van der Waals surface area contributed by atoms with Crippen LogP contribution in [0.4, 0.5) is 8.78 Å². The van der Waals surface area contributed by atoms with Gasteiger partial charge in [-0.1, -0.05) is 6.92 Å². The summed E-state index contributed by atoms with van der Waals surface area (Å²) in [7, 11) is 1.72. The van der Waals surface area contributed by atoms with Crippen LogP contribution in [0, 0.1) is 18.6 Å². The summed E-state index contributed by atoms with van der Waals surface area (Å²) in [5.74, 6) is -0.868. The molecule has 1 N–H and O–H groups in total. The minimum atomic E-state index is -0.444. The second-order valence-corrected chi connectivity index (χ2v) is 5.53. The van der Waals surface area contributed by atoms with Crippen LogP contribution >= 0.6 is 11.3 Å². The molecule has 5 heteroatoms. The first-order valence-electron chi connectivity index (χ1n) is 6.15. The number of hydrogen-bond acceptors (Lipinski definition) is 3. The fraction of sp³-hybridized carbons (Fsp3) is 0.357. The molecule has 0 saturated heterocycles. The summed E-state index contributed by atoms with van der Waals surface area (Å²) >= 11 is 1.52. The summed E-state index contributed by atoms with van der Waals surface area (Å²) in [6.07, 6.45) is 0.838. The molecule has 102 valence electrons. The van der Waals surface area contributed by atoms with Crippen molar-refractivity contribution in [3.05, 3.63) is 51.0 Å². The summed E-state index contributed by atoms with van der Waals surface area (Å²) in [4.78, 5) is 5.63. The second kappa shape index (κ2) is 5.75. The molecule has 1 aromatic heterocycles. The molecule has 0 amide bonds. The quantitative estimate of drug-likeness (QED) is 0.926. The minimum absolute atomic E-state index is 0.291. The first-order chi connectivity index (χ1) is 9.06. The van der Waals surface area contributed by atoms with E-state index in [1.54, 1.807) is 7.05 Å². The molecule has 2 rings (SSSR count). The van der Waals surface area contributed by atoms with Gasteiger partial charge < -0.3 is 5.32 Å². The first kappa shape index (κ1) is 14.1. The summed E-state index contributed by atoms with van der Waals surface area (Å²) in [6.45, 7) is 4.03. The molecule has 1 unspecified atom stereocenters. The molecule has 19 heavy (non-hydrogen) atoms. The standard InChI is InChI=1S/C14H16F2N2S/c1-4-12-8(2)19-14(18-12)13(17-3)10-7-9(15)5-6-11(10)16/h5-7,13,17H,4H2,1-3H3. The van der Waals surface area contributed by atoms with Crippen LogP contribution in [0.25, 0.3) is 0 Å². The maximum Gasteiger partial charge on any atom is 0.128 e. The molecule has 0 saturated carbocycles. The highest BCUT2D eigenvalue weighted by Crippen LogP contribution is 2.29. The van der Waals surface area contributed by atoms with E-state index in [0.29, 0.717) is 5.56 Å². The van der Waals surface area contributed by atoms with Gasteiger partial charge in [0.05, 0.1) is 11.7 Å². The van der Waals surface area contributed by atoms with Crippen molar-refractivity contribution >= 4 is 11.3 Å². The van der Waals surface area contributed by atoms with Gasteiger partial charge in [-0.3, -0.25) is 0 Å². The van der Waals surface area contributed by atoms with Crippen LogP contribution in [0.15, 0.2) is 18.2 Å². The van der Waals surface area contributed by atoms with Gasteiger partial charge >= 0.3 is 0 Å². The Kier molecular flexibility index (Phi) is 4.27. The molecule has 1 heterocycles. The molecular weight excluding hydrogens is 266 g/mol. The number of thiazole rings is 1. The lowest BCUT2D eigenvalue weighted by molar-refractivity contribution is 0.557. The second-order valence-electron chi connectivity index (χ2n) is 4.30. The van der Waals surface area contributed by atoms with E-state index in [4.69, 9.17) is 0 Å². The summed E-state index contributed by atoms with van der Waals surface area (Å²) in [6, 6.07) is 3.07. The molecule has 0 radical (unpaired) electrons. The van der Waals surface area contributed by atoms with E-state index in [0.717, 1.165) is 34.1 Å². The van der Waals surface area contributed by atoms with Crippen molar-refractivity contribution < 1.29 is 8.78 Å². The van der Waals surface area contributed by atoms with Gasteiger partial charge in [-0.05, 0) is 38.6 Å². The highest BCUT2D eigenvalue weighted by atomic mass is 32.1. The van der Waals surface area contributed by atoms with Crippen LogP contribution in [0.2, 0.25) is 0 Å². The summed E-state index contributed by atoms with van der Waals surface area (Å²) in [5.41, 5.74) is 1.30. The Morgan fingerprint density at radius 2 is 2.11 bits per heavy atom. The molecule has 2 nitrogen and oxygen atoms in total. The van der Waals surface area contributed by atoms with Gasteiger partial charge in [0.15, 0.2) is 0 Å². The smallest absolute Gasteiger partial charge is 0.128 e. The number of benzene rings is 1. The maximum absolute atomic E-state index is 13.9. The van der Waals surface area contributed by atoms with E-state index in [-0.39, 0.29) is 0 Å². The van der Waals surface area contributed by atoms with Crippen LogP contribution in [0.1, 0.15) is 34.1 Å². The zero-order valence-electron chi connectivity index (χ0n) is 11.1. The van der Waals surface area contributed by atoms with Gasteiger partial charge in [-0.2, -0.15) is 0 Å². The van der Waals surface area contributed by atoms with Crippen LogP contribution in [-0.2, 0) is 6.42 Å². The van der Waals surface area contributed by atoms with Crippen molar-refractivity contribution in [1.82, 2.24) is 10.3 Å². The fourth-order valence-corrected chi connectivity index (χ4v) is 3.19. The zero-order chi connectivity index (χ0) is 14.0. The molecule has 2 aromatic rings. The third-order valence-electron chi connectivity index (χ3n) is 3.05. The van der Waals surface area contributed by atoms with Gasteiger partial charge in [0.2, 0.25) is 0 Å². The third kappa shape index (κ3) is 2.82. The Labute approximate surface area is 115 Å². The molecule has 0 fully saturated rings. The maximum atomic E-state index is 13.9. The van der Waals surface area contributed by atoms with Gasteiger partial charge in [0.25, 0.3) is 0 Å². The average molecular weight is 282 g/mol. The van der Waals surface area contributed by atoms with E-state index in [2.05, 4.69) is 10.3 Å². The molecule has 0 aliphatic carbocycles. The van der Waals surface area contributed by atoms with E-state index in [1.807, 2.05) is 13.8 Å². The van der Waals surface area contributed by atoms with Crippen molar-refractivity contribution in [2.75, 3.05) is 7.05 Å². The Bertz CT molecular complexity index is 581. The molecule has 1 atom stereocenters. The highest BCUT2D eigenvalue weighted by Gasteiger charge is 2.21. The van der Waals surface area contributed by atoms with Crippen LogP contribution in [0.5, 0.6) is 0 Å². The zero-order valence-corrected chi connectivity index (χ0v) is 11.9. The normalized spacial score (nSPS) is 12.7. The third-order valence-corrected chi connectivity index (χ3v) is 4.13. The Hall–Kier alpha value is -1.33. The molecule has 0 aliphatic heterocycles. The number of aromatic nitrogens is 1. The number of nitrogens with zero attached hydrogens (tertiary/aromatic N) is 1. The summed E-state index contributed by atoms with van der Waals surface area (Å²) in [5, 5.41) is 3.77. The Morgan fingerprint density at radius 1 is 1.37 bits per heavy atom. The van der Waals surface area contributed by atoms with Crippen LogP contribution in [-0.4, -0.2) is 12.0 Å². The largest absolute Gasteiger partial charge is 0.307 e. The van der Waals surface area contributed by atoms with Gasteiger partial charge in [-0.15, -0.1) is 11.3 Å². The van der Waals surface area contributed by atoms with Crippen molar-refractivity contribution in [3.8, 4) is 0 Å². The predicted octanol–water partition coefficient (Wildman–Crippen LogP) is 3.60. The summed E-state index contributed by atoms with van der Waals surface area (Å²) < 4.78 is 27.2. The van der Waals surface area contributed by atoms with E-state index in [1.165, 1.54) is 17.4 Å². The fourth-order valence-electron chi connectivity index (χ4n) is 2.05. The van der Waals surface area contributed by atoms with Crippen molar-refractivity contribution in [1.29, 1.82) is 0 Å². The SMILES string of the molecule is CCc1nc(C(NC)c2cc(F)ccc2F)sc1C. The predicted molar refractivity (Wildman–Crippen MR) is 73.5 cm³/mol. The number of aryl methyl sites for hydroxylation is 2. The lowest BCUT2D eigenvalue weighted by Crippen LogP contribution is -2.19. The number of hydrogen-bond donors (Lipinski definition) is 1. The molecule has 0 aliphatic rings. The Balaban J connectivity index is 2.46. The van der Waals surface area contributed by atoms with Crippen molar-refractivity contribution in [3.63, 3.8) is 0 Å². The molecule has 0 spiro atoms. The highest BCUT2D eigenvalue weighted by molar-refractivity contribution is 7.11. The van der Waals surface area contributed by atoms with Gasteiger partial charge in [-0.25, -0.2) is 13.8 Å². The lowest BCUT2D eigenvalue weighted by Gasteiger charge is -2.14. The monoisotopic (exact) mass is 282 g/mol. The number of nitrogens with one attached hydrogen (secondary N) is 1. The van der Waals surface area contributed by atoms with E-state index >= 15 is 0 Å². The Morgan fingerprint density at radius 3 is 2.68 bits per heavy atom. The van der Waals surface area contributed by atoms with Crippen LogP contribution in [0.3, 0.4) is 0 Å². The molecule has 0 bridgehead atoms. The topological polar surface area (TPSA) is 24.9 Å². The minimum Gasteiger partial charge on any atom is -0.307 e.